The number of ether oxygens (including phenoxy) is 1. The average Bonchev–Trinajstić information content (AvgIpc) is 3.20. The number of hydrogen-bond acceptors (Lipinski definition) is 4. The predicted octanol–water partition coefficient (Wildman–Crippen LogP) is 2.56. The molecule has 2 heterocycles. The first-order valence-electron chi connectivity index (χ1n) is 8.39. The summed E-state index contributed by atoms with van der Waals surface area (Å²) in [6.07, 6.45) is 6.86. The Kier molecular flexibility index (Phi) is 5.16. The van der Waals surface area contributed by atoms with Crippen molar-refractivity contribution in [1.29, 1.82) is 0 Å². The molecule has 0 atom stereocenters. The summed E-state index contributed by atoms with van der Waals surface area (Å²) in [5.41, 5.74) is 0. The number of nitrogens with zero attached hydrogens (tertiary/aromatic N) is 1. The molecule has 22 heavy (non-hydrogen) atoms. The van der Waals surface area contributed by atoms with E-state index in [1.54, 1.807) is 13.2 Å². The van der Waals surface area contributed by atoms with Crippen LogP contribution in [0.15, 0.2) is 16.5 Å². The molecule has 1 amide bonds. The van der Waals surface area contributed by atoms with E-state index in [4.69, 9.17) is 9.15 Å². The molecule has 0 radical (unpaired) electrons. The standard InChI is InChI=1S/C17H26N2O3/c1-21-14-6-4-13(5-7-14)18-17(20)16-9-8-15(22-16)12-19-10-2-3-11-19/h8-9,13-14H,2-7,10-12H2,1H3,(H,18,20). The molecule has 1 saturated heterocycles. The molecular weight excluding hydrogens is 280 g/mol. The Balaban J connectivity index is 1.49. The molecule has 1 aromatic rings. The fourth-order valence-electron chi connectivity index (χ4n) is 3.45. The zero-order valence-electron chi connectivity index (χ0n) is 13.3. The van der Waals surface area contributed by atoms with Crippen molar-refractivity contribution < 1.29 is 13.9 Å². The van der Waals surface area contributed by atoms with Crippen LogP contribution in [-0.4, -0.2) is 43.2 Å². The lowest BCUT2D eigenvalue weighted by atomic mass is 9.93. The Labute approximate surface area is 132 Å². The van der Waals surface area contributed by atoms with Crippen LogP contribution in [0.3, 0.4) is 0 Å². The molecule has 1 N–H and O–H groups in total. The second kappa shape index (κ2) is 7.29. The molecule has 1 aromatic heterocycles. The number of likely N-dealkylation sites (tertiary alicyclic amines) is 1. The molecule has 0 aromatic carbocycles. The normalized spacial score (nSPS) is 26.2. The third-order valence-electron chi connectivity index (χ3n) is 4.81. The van der Waals surface area contributed by atoms with Crippen LogP contribution in [0.25, 0.3) is 0 Å². The van der Waals surface area contributed by atoms with Gasteiger partial charge in [-0.2, -0.15) is 0 Å². The third-order valence-corrected chi connectivity index (χ3v) is 4.81. The minimum Gasteiger partial charge on any atom is -0.455 e. The van der Waals surface area contributed by atoms with Gasteiger partial charge in [0.15, 0.2) is 5.76 Å². The highest BCUT2D eigenvalue weighted by atomic mass is 16.5. The van der Waals surface area contributed by atoms with Gasteiger partial charge in [0, 0.05) is 13.2 Å². The van der Waals surface area contributed by atoms with Crippen molar-refractivity contribution >= 4 is 5.91 Å². The number of furan rings is 1. The Hall–Kier alpha value is -1.33. The maximum absolute atomic E-state index is 12.3. The molecule has 3 rings (SSSR count). The topological polar surface area (TPSA) is 54.7 Å². The Morgan fingerprint density at radius 1 is 1.27 bits per heavy atom. The van der Waals surface area contributed by atoms with Gasteiger partial charge in [0.2, 0.25) is 0 Å². The number of amides is 1. The number of nitrogens with one attached hydrogen (secondary N) is 1. The van der Waals surface area contributed by atoms with E-state index >= 15 is 0 Å². The summed E-state index contributed by atoms with van der Waals surface area (Å²) >= 11 is 0. The molecule has 1 aliphatic heterocycles. The summed E-state index contributed by atoms with van der Waals surface area (Å²) in [4.78, 5) is 14.6. The van der Waals surface area contributed by atoms with E-state index in [0.29, 0.717) is 11.9 Å². The summed E-state index contributed by atoms with van der Waals surface area (Å²) in [6, 6.07) is 3.96. The van der Waals surface area contributed by atoms with Gasteiger partial charge in [-0.15, -0.1) is 0 Å². The fourth-order valence-corrected chi connectivity index (χ4v) is 3.45. The summed E-state index contributed by atoms with van der Waals surface area (Å²) < 4.78 is 11.1. The summed E-state index contributed by atoms with van der Waals surface area (Å²) in [7, 11) is 1.76. The van der Waals surface area contributed by atoms with Crippen molar-refractivity contribution in [2.75, 3.05) is 20.2 Å². The monoisotopic (exact) mass is 306 g/mol. The molecule has 5 nitrogen and oxygen atoms in total. The van der Waals surface area contributed by atoms with Crippen molar-refractivity contribution in [3.8, 4) is 0 Å². The molecule has 0 spiro atoms. The largest absolute Gasteiger partial charge is 0.455 e. The second-order valence-electron chi connectivity index (χ2n) is 6.43. The lowest BCUT2D eigenvalue weighted by molar-refractivity contribution is 0.0593. The fraction of sp³-hybridized carbons (Fsp3) is 0.706. The maximum Gasteiger partial charge on any atom is 0.287 e. The zero-order chi connectivity index (χ0) is 15.4. The SMILES string of the molecule is COC1CCC(NC(=O)c2ccc(CN3CCCC3)o2)CC1. The molecule has 1 aliphatic carbocycles. The van der Waals surface area contributed by atoms with Gasteiger partial charge in [-0.1, -0.05) is 0 Å². The number of carbonyl (C=O) groups excluding carboxylic acids is 1. The lowest BCUT2D eigenvalue weighted by Crippen LogP contribution is -2.38. The van der Waals surface area contributed by atoms with Crippen LogP contribution in [-0.2, 0) is 11.3 Å². The summed E-state index contributed by atoms with van der Waals surface area (Å²) in [5.74, 6) is 1.23. The quantitative estimate of drug-likeness (QED) is 0.908. The predicted molar refractivity (Wildman–Crippen MR) is 83.7 cm³/mol. The van der Waals surface area contributed by atoms with Crippen molar-refractivity contribution in [3.63, 3.8) is 0 Å². The Morgan fingerprint density at radius 2 is 2.00 bits per heavy atom. The van der Waals surface area contributed by atoms with Crippen LogP contribution >= 0.6 is 0 Å². The first-order chi connectivity index (χ1) is 10.7. The van der Waals surface area contributed by atoms with E-state index in [0.717, 1.165) is 51.1 Å². The van der Waals surface area contributed by atoms with Crippen molar-refractivity contribution in [1.82, 2.24) is 10.2 Å². The van der Waals surface area contributed by atoms with Gasteiger partial charge in [-0.05, 0) is 63.7 Å². The molecule has 1 saturated carbocycles. The van der Waals surface area contributed by atoms with E-state index in [1.165, 1.54) is 12.8 Å². The van der Waals surface area contributed by atoms with Gasteiger partial charge < -0.3 is 14.5 Å². The van der Waals surface area contributed by atoms with Gasteiger partial charge in [-0.3, -0.25) is 9.69 Å². The van der Waals surface area contributed by atoms with Gasteiger partial charge in [0.1, 0.15) is 5.76 Å². The first kappa shape index (κ1) is 15.6. The minimum atomic E-state index is -0.0893. The Bertz CT molecular complexity index is 486. The molecule has 2 aliphatic rings. The van der Waals surface area contributed by atoms with Crippen LogP contribution in [0.4, 0.5) is 0 Å². The molecule has 0 unspecified atom stereocenters. The maximum atomic E-state index is 12.3. The average molecular weight is 306 g/mol. The van der Waals surface area contributed by atoms with E-state index < -0.39 is 0 Å². The molecular formula is C17H26N2O3. The highest BCUT2D eigenvalue weighted by molar-refractivity contribution is 5.91. The second-order valence-corrected chi connectivity index (χ2v) is 6.43. The third kappa shape index (κ3) is 3.90. The first-order valence-corrected chi connectivity index (χ1v) is 8.39. The van der Waals surface area contributed by atoms with E-state index in [1.807, 2.05) is 6.07 Å². The van der Waals surface area contributed by atoms with E-state index in [9.17, 15) is 4.79 Å². The van der Waals surface area contributed by atoms with Crippen LogP contribution in [0.2, 0.25) is 0 Å². The van der Waals surface area contributed by atoms with E-state index in [2.05, 4.69) is 10.2 Å². The highest BCUT2D eigenvalue weighted by Crippen LogP contribution is 2.21. The zero-order valence-corrected chi connectivity index (χ0v) is 13.3. The van der Waals surface area contributed by atoms with Crippen molar-refractivity contribution in [2.24, 2.45) is 0 Å². The number of methoxy groups -OCH3 is 1. The van der Waals surface area contributed by atoms with Crippen LogP contribution in [0.5, 0.6) is 0 Å². The number of rotatable bonds is 5. The van der Waals surface area contributed by atoms with E-state index in [-0.39, 0.29) is 11.9 Å². The molecule has 0 bridgehead atoms. The van der Waals surface area contributed by atoms with Gasteiger partial charge in [0.25, 0.3) is 5.91 Å². The molecule has 2 fully saturated rings. The minimum absolute atomic E-state index is 0.0893. The van der Waals surface area contributed by atoms with Crippen LogP contribution in [0.1, 0.15) is 54.8 Å². The van der Waals surface area contributed by atoms with Crippen molar-refractivity contribution in [3.05, 3.63) is 23.7 Å². The number of carbonyl (C=O) groups is 1. The van der Waals surface area contributed by atoms with Crippen LogP contribution < -0.4 is 5.32 Å². The summed E-state index contributed by atoms with van der Waals surface area (Å²) in [5, 5.41) is 3.08. The molecule has 122 valence electrons. The van der Waals surface area contributed by atoms with Crippen molar-refractivity contribution in [2.45, 2.75) is 57.2 Å². The van der Waals surface area contributed by atoms with Gasteiger partial charge in [0.05, 0.1) is 12.6 Å². The van der Waals surface area contributed by atoms with Gasteiger partial charge in [-0.25, -0.2) is 0 Å². The summed E-state index contributed by atoms with van der Waals surface area (Å²) in [6.45, 7) is 3.07. The highest BCUT2D eigenvalue weighted by Gasteiger charge is 2.23. The Morgan fingerprint density at radius 3 is 2.68 bits per heavy atom. The van der Waals surface area contributed by atoms with Crippen LogP contribution in [0, 0.1) is 0 Å². The molecule has 5 heteroatoms. The smallest absolute Gasteiger partial charge is 0.287 e. The number of hydrogen-bond donors (Lipinski definition) is 1. The lowest BCUT2D eigenvalue weighted by Gasteiger charge is -2.27. The van der Waals surface area contributed by atoms with Gasteiger partial charge >= 0.3 is 0 Å².